The molecule has 0 amide bonds. The summed E-state index contributed by atoms with van der Waals surface area (Å²) in [4.78, 5) is 12.0. The first-order chi connectivity index (χ1) is 9.26. The number of hydrogen-bond donors (Lipinski definition) is 0. The molecule has 1 heterocycles. The van der Waals surface area contributed by atoms with Gasteiger partial charge in [0.2, 0.25) is 0 Å². The normalized spacial score (nSPS) is 26.9. The second-order valence-electron chi connectivity index (χ2n) is 4.32. The second kappa shape index (κ2) is 6.65. The van der Waals surface area contributed by atoms with Crippen molar-refractivity contribution in [3.8, 4) is 0 Å². The van der Waals surface area contributed by atoms with E-state index in [1.165, 1.54) is 0 Å². The summed E-state index contributed by atoms with van der Waals surface area (Å²) in [6.45, 7) is 0.755. The van der Waals surface area contributed by atoms with Gasteiger partial charge in [-0.15, -0.1) is 0 Å². The molecule has 0 N–H and O–H groups in total. The van der Waals surface area contributed by atoms with Gasteiger partial charge >= 0.3 is 5.97 Å². The number of hydrogen-bond acceptors (Lipinski definition) is 5. The summed E-state index contributed by atoms with van der Waals surface area (Å²) >= 11 is 0. The average Bonchev–Trinajstić information content (AvgIpc) is 2.47. The van der Waals surface area contributed by atoms with Crippen molar-refractivity contribution in [3.05, 3.63) is 35.9 Å². The fourth-order valence-electron chi connectivity index (χ4n) is 2.12. The predicted molar refractivity (Wildman–Crippen MR) is 68.1 cm³/mol. The molecule has 0 unspecified atom stereocenters. The summed E-state index contributed by atoms with van der Waals surface area (Å²) in [5.74, 6) is -0.381. The molecular formula is C14H18O5. The molecule has 0 spiro atoms. The topological polar surface area (TPSA) is 54.0 Å². The summed E-state index contributed by atoms with van der Waals surface area (Å²) in [5.41, 5.74) is 0.511. The van der Waals surface area contributed by atoms with Crippen molar-refractivity contribution in [1.29, 1.82) is 0 Å². The van der Waals surface area contributed by atoms with Crippen LogP contribution in [0.15, 0.2) is 30.3 Å². The van der Waals surface area contributed by atoms with E-state index in [9.17, 15) is 4.79 Å². The molecule has 0 radical (unpaired) electrons. The standard InChI is InChI=1S/C14H18O5/c1-16-11-8-18-9-12(13(11)17-2)19-14(15)10-6-4-3-5-7-10/h3-7,11-13H,8-9H2,1-2H3/t11-,12+,13-/m0/s1. The maximum atomic E-state index is 12.0. The van der Waals surface area contributed by atoms with E-state index in [1.54, 1.807) is 38.5 Å². The molecular weight excluding hydrogens is 248 g/mol. The van der Waals surface area contributed by atoms with Crippen molar-refractivity contribution in [3.63, 3.8) is 0 Å². The van der Waals surface area contributed by atoms with Crippen LogP contribution in [0.4, 0.5) is 0 Å². The fourth-order valence-corrected chi connectivity index (χ4v) is 2.12. The Balaban J connectivity index is 2.03. The van der Waals surface area contributed by atoms with E-state index in [-0.39, 0.29) is 18.2 Å². The lowest BCUT2D eigenvalue weighted by molar-refractivity contribution is -0.173. The molecule has 1 aromatic carbocycles. The number of benzene rings is 1. The van der Waals surface area contributed by atoms with E-state index in [1.807, 2.05) is 6.07 Å². The highest BCUT2D eigenvalue weighted by Crippen LogP contribution is 2.18. The van der Waals surface area contributed by atoms with Crippen LogP contribution in [0.3, 0.4) is 0 Å². The van der Waals surface area contributed by atoms with Gasteiger partial charge < -0.3 is 18.9 Å². The quantitative estimate of drug-likeness (QED) is 0.768. The molecule has 0 bridgehead atoms. The molecule has 1 aliphatic heterocycles. The van der Waals surface area contributed by atoms with Crippen molar-refractivity contribution < 1.29 is 23.7 Å². The molecule has 1 aromatic rings. The van der Waals surface area contributed by atoms with Gasteiger partial charge in [-0.3, -0.25) is 0 Å². The highest BCUT2D eigenvalue weighted by molar-refractivity contribution is 5.89. The lowest BCUT2D eigenvalue weighted by atomic mass is 10.1. The summed E-state index contributed by atoms with van der Waals surface area (Å²) in [5, 5.41) is 0. The van der Waals surface area contributed by atoms with Crippen LogP contribution in [0.25, 0.3) is 0 Å². The molecule has 3 atom stereocenters. The largest absolute Gasteiger partial charge is 0.453 e. The Bertz CT molecular complexity index is 406. The van der Waals surface area contributed by atoms with Gasteiger partial charge in [-0.2, -0.15) is 0 Å². The van der Waals surface area contributed by atoms with Crippen LogP contribution >= 0.6 is 0 Å². The third-order valence-electron chi connectivity index (χ3n) is 3.14. The zero-order chi connectivity index (χ0) is 13.7. The molecule has 0 aliphatic carbocycles. The van der Waals surface area contributed by atoms with Gasteiger partial charge in [-0.05, 0) is 12.1 Å². The number of carbonyl (C=O) groups is 1. The van der Waals surface area contributed by atoms with E-state index in [4.69, 9.17) is 18.9 Å². The van der Waals surface area contributed by atoms with Gasteiger partial charge in [0.1, 0.15) is 12.2 Å². The molecule has 1 fully saturated rings. The molecule has 2 rings (SSSR count). The number of ether oxygens (including phenoxy) is 4. The van der Waals surface area contributed by atoms with E-state index >= 15 is 0 Å². The van der Waals surface area contributed by atoms with Gasteiger partial charge in [0.25, 0.3) is 0 Å². The highest BCUT2D eigenvalue weighted by atomic mass is 16.6. The maximum Gasteiger partial charge on any atom is 0.338 e. The van der Waals surface area contributed by atoms with Gasteiger partial charge in [0.05, 0.1) is 18.8 Å². The lowest BCUT2D eigenvalue weighted by Gasteiger charge is -2.35. The van der Waals surface area contributed by atoms with Crippen LogP contribution in [0, 0.1) is 0 Å². The van der Waals surface area contributed by atoms with E-state index < -0.39 is 6.10 Å². The van der Waals surface area contributed by atoms with Crippen LogP contribution in [0.2, 0.25) is 0 Å². The molecule has 1 aliphatic rings. The zero-order valence-corrected chi connectivity index (χ0v) is 11.1. The van der Waals surface area contributed by atoms with Gasteiger partial charge in [-0.25, -0.2) is 4.79 Å². The minimum Gasteiger partial charge on any atom is -0.453 e. The molecule has 19 heavy (non-hydrogen) atoms. The number of rotatable bonds is 4. The van der Waals surface area contributed by atoms with Gasteiger partial charge in [0, 0.05) is 14.2 Å². The fraction of sp³-hybridized carbons (Fsp3) is 0.500. The molecule has 1 saturated heterocycles. The Kier molecular flexibility index (Phi) is 4.90. The average molecular weight is 266 g/mol. The summed E-state index contributed by atoms with van der Waals surface area (Å²) < 4.78 is 21.4. The highest BCUT2D eigenvalue weighted by Gasteiger charge is 2.37. The Morgan fingerprint density at radius 2 is 1.79 bits per heavy atom. The summed E-state index contributed by atoms with van der Waals surface area (Å²) in [7, 11) is 3.16. The van der Waals surface area contributed by atoms with Crippen LogP contribution in [0.1, 0.15) is 10.4 Å². The monoisotopic (exact) mass is 266 g/mol. The smallest absolute Gasteiger partial charge is 0.338 e. The molecule has 104 valence electrons. The molecule has 0 aromatic heterocycles. The van der Waals surface area contributed by atoms with E-state index in [0.717, 1.165) is 0 Å². The molecule has 0 saturated carbocycles. The van der Waals surface area contributed by atoms with Crippen LogP contribution in [0.5, 0.6) is 0 Å². The number of carbonyl (C=O) groups excluding carboxylic acids is 1. The van der Waals surface area contributed by atoms with Crippen LogP contribution < -0.4 is 0 Å². The van der Waals surface area contributed by atoms with Gasteiger partial charge in [0.15, 0.2) is 6.10 Å². The lowest BCUT2D eigenvalue weighted by Crippen LogP contribution is -2.51. The zero-order valence-electron chi connectivity index (χ0n) is 11.1. The SMILES string of the molecule is CO[C@H]1[C@@H](OC)COC[C@H]1OC(=O)c1ccccc1. The number of methoxy groups -OCH3 is 2. The van der Waals surface area contributed by atoms with E-state index in [0.29, 0.717) is 18.8 Å². The molecule has 5 nitrogen and oxygen atoms in total. The third-order valence-corrected chi connectivity index (χ3v) is 3.14. The minimum atomic E-state index is -0.462. The Hall–Kier alpha value is -1.43. The van der Waals surface area contributed by atoms with Crippen LogP contribution in [-0.2, 0) is 18.9 Å². The third kappa shape index (κ3) is 3.32. The Morgan fingerprint density at radius 3 is 2.42 bits per heavy atom. The van der Waals surface area contributed by atoms with Gasteiger partial charge in [-0.1, -0.05) is 18.2 Å². The first-order valence-electron chi connectivity index (χ1n) is 6.15. The molecule has 5 heteroatoms. The van der Waals surface area contributed by atoms with E-state index in [2.05, 4.69) is 0 Å². The Morgan fingerprint density at radius 1 is 1.11 bits per heavy atom. The first kappa shape index (κ1) is 14.0. The van der Waals surface area contributed by atoms with Crippen molar-refractivity contribution in [2.75, 3.05) is 27.4 Å². The number of esters is 1. The predicted octanol–water partition coefficient (Wildman–Crippen LogP) is 1.27. The van der Waals surface area contributed by atoms with Crippen LogP contribution in [-0.4, -0.2) is 51.7 Å². The Labute approximate surface area is 112 Å². The second-order valence-corrected chi connectivity index (χ2v) is 4.32. The maximum absolute atomic E-state index is 12.0. The van der Waals surface area contributed by atoms with Crippen molar-refractivity contribution in [2.24, 2.45) is 0 Å². The summed E-state index contributed by atoms with van der Waals surface area (Å²) in [6.07, 6.45) is -1.00. The summed E-state index contributed by atoms with van der Waals surface area (Å²) in [6, 6.07) is 8.85. The van der Waals surface area contributed by atoms with Crippen molar-refractivity contribution in [1.82, 2.24) is 0 Å². The van der Waals surface area contributed by atoms with Crippen molar-refractivity contribution in [2.45, 2.75) is 18.3 Å². The van der Waals surface area contributed by atoms with Crippen molar-refractivity contribution >= 4 is 5.97 Å². The first-order valence-corrected chi connectivity index (χ1v) is 6.15. The minimum absolute atomic E-state index is 0.229.